The van der Waals surface area contributed by atoms with E-state index in [-0.39, 0.29) is 0 Å². The van der Waals surface area contributed by atoms with Crippen LogP contribution in [0.15, 0.2) is 24.4 Å². The van der Waals surface area contributed by atoms with Gasteiger partial charge in [0.05, 0.1) is 25.0 Å². The van der Waals surface area contributed by atoms with Gasteiger partial charge >= 0.3 is 0 Å². The van der Waals surface area contributed by atoms with E-state index in [2.05, 4.69) is 22.0 Å². The zero-order valence-corrected chi connectivity index (χ0v) is 12.3. The molecule has 0 amide bonds. The molecule has 1 aromatic heterocycles. The number of piperidine rings is 1. The number of methoxy groups -OCH3 is 1. The molecule has 0 bridgehead atoms. The van der Waals surface area contributed by atoms with Crippen molar-refractivity contribution in [1.82, 2.24) is 9.88 Å². The minimum Gasteiger partial charge on any atom is -0.382 e. The van der Waals surface area contributed by atoms with E-state index >= 15 is 0 Å². The van der Waals surface area contributed by atoms with Crippen LogP contribution in [-0.4, -0.2) is 49.4 Å². The molecule has 2 saturated heterocycles. The first-order chi connectivity index (χ1) is 9.80. The van der Waals surface area contributed by atoms with Crippen molar-refractivity contribution in [2.45, 2.75) is 31.9 Å². The standard InChI is InChI=1S/C16H24N2O2/c1-19-12-15-10-16(13-20-15)5-8-18(9-6-16)11-14-4-2-3-7-17-14/h2-4,7,15H,5-6,8-13H2,1H3. The fraction of sp³-hybridized carbons (Fsp3) is 0.688. The molecule has 0 radical (unpaired) electrons. The Labute approximate surface area is 121 Å². The molecule has 110 valence electrons. The summed E-state index contributed by atoms with van der Waals surface area (Å²) in [6, 6.07) is 6.14. The van der Waals surface area contributed by atoms with Crippen molar-refractivity contribution in [2.75, 3.05) is 33.4 Å². The Morgan fingerprint density at radius 3 is 2.95 bits per heavy atom. The third-order valence-corrected chi connectivity index (χ3v) is 4.67. The van der Waals surface area contributed by atoms with Gasteiger partial charge in [0, 0.05) is 19.9 Å². The maximum Gasteiger partial charge on any atom is 0.0814 e. The summed E-state index contributed by atoms with van der Waals surface area (Å²) in [6.45, 7) is 4.93. The Hall–Kier alpha value is -0.970. The number of hydrogen-bond acceptors (Lipinski definition) is 4. The van der Waals surface area contributed by atoms with Crippen LogP contribution in [0, 0.1) is 5.41 Å². The molecule has 1 aromatic rings. The van der Waals surface area contributed by atoms with Gasteiger partial charge in [-0.25, -0.2) is 0 Å². The third kappa shape index (κ3) is 3.19. The van der Waals surface area contributed by atoms with Crippen LogP contribution in [0.3, 0.4) is 0 Å². The summed E-state index contributed by atoms with van der Waals surface area (Å²) in [7, 11) is 1.75. The maximum absolute atomic E-state index is 5.88. The van der Waals surface area contributed by atoms with E-state index in [1.54, 1.807) is 7.11 Å². The van der Waals surface area contributed by atoms with E-state index in [1.807, 2.05) is 12.3 Å². The lowest BCUT2D eigenvalue weighted by Crippen LogP contribution is -2.40. The van der Waals surface area contributed by atoms with Crippen LogP contribution in [-0.2, 0) is 16.0 Å². The molecule has 0 aromatic carbocycles. The molecule has 2 aliphatic heterocycles. The summed E-state index contributed by atoms with van der Waals surface area (Å²) in [5, 5.41) is 0. The number of ether oxygens (including phenoxy) is 2. The van der Waals surface area contributed by atoms with Crippen molar-refractivity contribution in [2.24, 2.45) is 5.41 Å². The smallest absolute Gasteiger partial charge is 0.0814 e. The fourth-order valence-electron chi connectivity index (χ4n) is 3.44. The van der Waals surface area contributed by atoms with Crippen LogP contribution in [0.2, 0.25) is 0 Å². The van der Waals surface area contributed by atoms with Gasteiger partial charge in [-0.05, 0) is 49.9 Å². The van der Waals surface area contributed by atoms with Gasteiger partial charge in [0.2, 0.25) is 0 Å². The van der Waals surface area contributed by atoms with Crippen molar-refractivity contribution < 1.29 is 9.47 Å². The fourth-order valence-corrected chi connectivity index (χ4v) is 3.44. The van der Waals surface area contributed by atoms with Crippen molar-refractivity contribution in [3.8, 4) is 0 Å². The van der Waals surface area contributed by atoms with Crippen LogP contribution >= 0.6 is 0 Å². The summed E-state index contributed by atoms with van der Waals surface area (Å²) < 4.78 is 11.1. The molecule has 0 saturated carbocycles. The van der Waals surface area contributed by atoms with Gasteiger partial charge in [-0.3, -0.25) is 9.88 Å². The first-order valence-electron chi connectivity index (χ1n) is 7.52. The van der Waals surface area contributed by atoms with E-state index < -0.39 is 0 Å². The second-order valence-corrected chi connectivity index (χ2v) is 6.19. The van der Waals surface area contributed by atoms with Gasteiger partial charge in [0.25, 0.3) is 0 Å². The van der Waals surface area contributed by atoms with Crippen LogP contribution in [0.5, 0.6) is 0 Å². The molecule has 20 heavy (non-hydrogen) atoms. The Morgan fingerprint density at radius 2 is 2.25 bits per heavy atom. The molecule has 1 atom stereocenters. The first kappa shape index (κ1) is 14.0. The molecular weight excluding hydrogens is 252 g/mol. The summed E-state index contributed by atoms with van der Waals surface area (Å²) >= 11 is 0. The second kappa shape index (κ2) is 6.20. The summed E-state index contributed by atoms with van der Waals surface area (Å²) in [6.07, 6.45) is 5.82. The monoisotopic (exact) mass is 276 g/mol. The van der Waals surface area contributed by atoms with Crippen molar-refractivity contribution in [3.63, 3.8) is 0 Å². The molecule has 3 rings (SSSR count). The van der Waals surface area contributed by atoms with Gasteiger partial charge in [-0.2, -0.15) is 0 Å². The zero-order valence-electron chi connectivity index (χ0n) is 12.3. The third-order valence-electron chi connectivity index (χ3n) is 4.67. The van der Waals surface area contributed by atoms with Crippen LogP contribution in [0.25, 0.3) is 0 Å². The SMILES string of the molecule is COCC1CC2(CCN(Cc3ccccn3)CC2)CO1. The Balaban J connectivity index is 1.50. The number of nitrogens with zero attached hydrogens (tertiary/aromatic N) is 2. The second-order valence-electron chi connectivity index (χ2n) is 6.19. The molecule has 1 spiro atoms. The molecule has 2 aliphatic rings. The Morgan fingerprint density at radius 1 is 1.40 bits per heavy atom. The predicted molar refractivity (Wildman–Crippen MR) is 77.4 cm³/mol. The quantitative estimate of drug-likeness (QED) is 0.843. The van der Waals surface area contributed by atoms with Gasteiger partial charge in [0.1, 0.15) is 0 Å². The Bertz CT molecular complexity index is 416. The minimum absolute atomic E-state index is 0.308. The summed E-state index contributed by atoms with van der Waals surface area (Å²) in [4.78, 5) is 6.93. The minimum atomic E-state index is 0.308. The van der Waals surface area contributed by atoms with E-state index in [9.17, 15) is 0 Å². The first-order valence-corrected chi connectivity index (χ1v) is 7.52. The lowest BCUT2D eigenvalue weighted by Gasteiger charge is -2.38. The van der Waals surface area contributed by atoms with Gasteiger partial charge < -0.3 is 9.47 Å². The number of aromatic nitrogens is 1. The lowest BCUT2D eigenvalue weighted by molar-refractivity contribution is 0.0283. The Kier molecular flexibility index (Phi) is 4.34. The number of hydrogen-bond donors (Lipinski definition) is 0. The molecule has 0 N–H and O–H groups in total. The molecule has 1 unspecified atom stereocenters. The largest absolute Gasteiger partial charge is 0.382 e. The topological polar surface area (TPSA) is 34.6 Å². The van der Waals surface area contributed by atoms with Gasteiger partial charge in [0.15, 0.2) is 0 Å². The van der Waals surface area contributed by atoms with Crippen molar-refractivity contribution >= 4 is 0 Å². The summed E-state index contributed by atoms with van der Waals surface area (Å²) in [5.41, 5.74) is 1.58. The highest BCUT2D eigenvalue weighted by Crippen LogP contribution is 2.42. The molecular formula is C16H24N2O2. The summed E-state index contributed by atoms with van der Waals surface area (Å²) in [5.74, 6) is 0. The number of rotatable bonds is 4. The normalized spacial score (nSPS) is 26.1. The molecule has 4 heteroatoms. The highest BCUT2D eigenvalue weighted by atomic mass is 16.5. The van der Waals surface area contributed by atoms with Gasteiger partial charge in [-0.1, -0.05) is 6.07 Å². The van der Waals surface area contributed by atoms with E-state index in [0.717, 1.165) is 39.3 Å². The van der Waals surface area contributed by atoms with E-state index in [0.29, 0.717) is 11.5 Å². The molecule has 2 fully saturated rings. The molecule has 4 nitrogen and oxygen atoms in total. The average molecular weight is 276 g/mol. The molecule has 3 heterocycles. The predicted octanol–water partition coefficient (Wildman–Crippen LogP) is 2.10. The number of pyridine rings is 1. The zero-order chi connectivity index (χ0) is 13.8. The van der Waals surface area contributed by atoms with E-state index in [1.165, 1.54) is 18.5 Å². The van der Waals surface area contributed by atoms with Gasteiger partial charge in [-0.15, -0.1) is 0 Å². The lowest BCUT2D eigenvalue weighted by atomic mass is 9.76. The number of likely N-dealkylation sites (tertiary alicyclic amines) is 1. The molecule has 0 aliphatic carbocycles. The average Bonchev–Trinajstić information content (AvgIpc) is 2.86. The van der Waals surface area contributed by atoms with Crippen LogP contribution in [0.1, 0.15) is 25.0 Å². The van der Waals surface area contributed by atoms with Crippen LogP contribution in [0.4, 0.5) is 0 Å². The highest BCUT2D eigenvalue weighted by Gasteiger charge is 2.42. The van der Waals surface area contributed by atoms with Crippen LogP contribution < -0.4 is 0 Å². The van der Waals surface area contributed by atoms with E-state index in [4.69, 9.17) is 9.47 Å². The highest BCUT2D eigenvalue weighted by molar-refractivity contribution is 5.04. The van der Waals surface area contributed by atoms with Crippen molar-refractivity contribution in [3.05, 3.63) is 30.1 Å². The van der Waals surface area contributed by atoms with Crippen molar-refractivity contribution in [1.29, 1.82) is 0 Å². The maximum atomic E-state index is 5.88.